The normalized spacial score (nSPS) is 22.4. The summed E-state index contributed by atoms with van der Waals surface area (Å²) in [6.45, 7) is 10.2. The van der Waals surface area contributed by atoms with Gasteiger partial charge in [-0.05, 0) is 26.7 Å². The van der Waals surface area contributed by atoms with E-state index in [9.17, 15) is 4.39 Å². The van der Waals surface area contributed by atoms with E-state index in [-0.39, 0.29) is 5.92 Å². The molecule has 0 heterocycles. The lowest BCUT2D eigenvalue weighted by atomic mass is 9.84. The summed E-state index contributed by atoms with van der Waals surface area (Å²) in [5.74, 6) is 0.287. The zero-order valence-electron chi connectivity index (χ0n) is 9.22. The Bertz CT molecular complexity index is 203. The van der Waals surface area contributed by atoms with Gasteiger partial charge in [0.25, 0.3) is 6.04 Å². The number of rotatable bonds is 2. The van der Waals surface area contributed by atoms with Gasteiger partial charge in [-0.2, -0.15) is 0 Å². The van der Waals surface area contributed by atoms with Crippen molar-refractivity contribution in [2.24, 2.45) is 5.92 Å². The minimum absolute atomic E-state index is 0.287. The molecule has 1 fully saturated rings. The van der Waals surface area contributed by atoms with E-state index in [1.54, 1.807) is 13.8 Å². The van der Waals surface area contributed by atoms with Crippen molar-refractivity contribution in [2.75, 3.05) is 0 Å². The maximum atomic E-state index is 13.8. The second-order valence-electron chi connectivity index (χ2n) is 4.89. The smallest absolute Gasteiger partial charge is 0.259 e. The molecule has 0 saturated heterocycles. The minimum Gasteiger partial charge on any atom is -0.310 e. The molecule has 0 spiro atoms. The zero-order valence-corrected chi connectivity index (χ0v) is 9.22. The fourth-order valence-corrected chi connectivity index (χ4v) is 2.45. The van der Waals surface area contributed by atoms with Gasteiger partial charge in [0, 0.05) is 5.92 Å². The molecule has 0 amide bonds. The Morgan fingerprint density at radius 2 is 1.71 bits per heavy atom. The molecule has 0 aromatic heterocycles. The maximum Gasteiger partial charge on any atom is 0.259 e. The lowest BCUT2D eigenvalue weighted by Crippen LogP contribution is -2.35. The van der Waals surface area contributed by atoms with Crippen LogP contribution in [0.3, 0.4) is 0 Å². The molecule has 0 aromatic rings. The topological polar surface area (TPSA) is 4.36 Å². The highest BCUT2D eigenvalue weighted by molar-refractivity contribution is 4.97. The Morgan fingerprint density at radius 1 is 1.21 bits per heavy atom. The van der Waals surface area contributed by atoms with Crippen LogP contribution in [0.1, 0.15) is 52.4 Å². The third-order valence-electron chi connectivity index (χ3n) is 3.19. The van der Waals surface area contributed by atoms with E-state index in [2.05, 4.69) is 4.85 Å². The van der Waals surface area contributed by atoms with Crippen LogP contribution in [0.2, 0.25) is 0 Å². The molecule has 1 nitrogen and oxygen atoms in total. The van der Waals surface area contributed by atoms with Crippen LogP contribution in [-0.4, -0.2) is 11.7 Å². The second kappa shape index (κ2) is 4.77. The molecule has 1 rings (SSSR count). The van der Waals surface area contributed by atoms with Gasteiger partial charge in [0.15, 0.2) is 5.67 Å². The standard InChI is InChI=1S/C12H20FN/c1-12(2,13)11(14-3)10-8-6-4-5-7-9-10/h10-11H,4-9H2,1-2H3. The van der Waals surface area contributed by atoms with Crippen molar-refractivity contribution < 1.29 is 4.39 Å². The quantitative estimate of drug-likeness (QED) is 0.465. The van der Waals surface area contributed by atoms with E-state index in [1.807, 2.05) is 0 Å². The Hall–Kier alpha value is -0.580. The highest BCUT2D eigenvalue weighted by Gasteiger charge is 2.41. The molecule has 0 radical (unpaired) electrons. The van der Waals surface area contributed by atoms with Crippen molar-refractivity contribution in [2.45, 2.75) is 64.1 Å². The number of hydrogen-bond donors (Lipinski definition) is 0. The highest BCUT2D eigenvalue weighted by atomic mass is 19.1. The van der Waals surface area contributed by atoms with E-state index in [0.29, 0.717) is 0 Å². The Morgan fingerprint density at radius 3 is 2.07 bits per heavy atom. The third-order valence-corrected chi connectivity index (χ3v) is 3.19. The van der Waals surface area contributed by atoms with Crippen molar-refractivity contribution in [1.82, 2.24) is 0 Å². The Labute approximate surface area is 86.5 Å². The fourth-order valence-electron chi connectivity index (χ4n) is 2.45. The molecule has 0 N–H and O–H groups in total. The predicted molar refractivity (Wildman–Crippen MR) is 56.8 cm³/mol. The molecule has 0 bridgehead atoms. The molecule has 14 heavy (non-hydrogen) atoms. The largest absolute Gasteiger partial charge is 0.310 e. The first-order chi connectivity index (χ1) is 6.55. The third kappa shape index (κ3) is 2.97. The first kappa shape index (κ1) is 11.5. The molecule has 1 saturated carbocycles. The second-order valence-corrected chi connectivity index (χ2v) is 4.89. The molecule has 0 aromatic carbocycles. The summed E-state index contributed by atoms with van der Waals surface area (Å²) in [6, 6.07) is -0.430. The van der Waals surface area contributed by atoms with E-state index >= 15 is 0 Å². The zero-order chi connectivity index (χ0) is 10.6. The van der Waals surface area contributed by atoms with Gasteiger partial charge < -0.3 is 4.85 Å². The maximum absolute atomic E-state index is 13.8. The summed E-state index contributed by atoms with van der Waals surface area (Å²) >= 11 is 0. The molecule has 1 aliphatic carbocycles. The summed E-state index contributed by atoms with van der Waals surface area (Å²) in [5.41, 5.74) is -1.34. The van der Waals surface area contributed by atoms with Crippen molar-refractivity contribution in [1.29, 1.82) is 0 Å². The number of alkyl halides is 1. The van der Waals surface area contributed by atoms with E-state index in [0.717, 1.165) is 12.8 Å². The fraction of sp³-hybridized carbons (Fsp3) is 0.917. The van der Waals surface area contributed by atoms with Crippen LogP contribution < -0.4 is 0 Å². The van der Waals surface area contributed by atoms with E-state index in [1.165, 1.54) is 25.7 Å². The molecular weight excluding hydrogens is 177 g/mol. The lowest BCUT2D eigenvalue weighted by Gasteiger charge is -2.23. The lowest BCUT2D eigenvalue weighted by molar-refractivity contribution is 0.148. The van der Waals surface area contributed by atoms with Gasteiger partial charge in [-0.15, -0.1) is 0 Å². The van der Waals surface area contributed by atoms with Gasteiger partial charge >= 0.3 is 0 Å². The molecule has 80 valence electrons. The molecule has 1 atom stereocenters. The molecule has 1 unspecified atom stereocenters. The van der Waals surface area contributed by atoms with Crippen molar-refractivity contribution in [3.05, 3.63) is 11.4 Å². The SMILES string of the molecule is [C-]#[N+]C(C1CCCCCC1)C(C)(C)F. The van der Waals surface area contributed by atoms with E-state index in [4.69, 9.17) is 6.57 Å². The average Bonchev–Trinajstić information content (AvgIpc) is 2.31. The Kier molecular flexibility index (Phi) is 3.92. The number of hydrogen-bond acceptors (Lipinski definition) is 0. The van der Waals surface area contributed by atoms with Crippen LogP contribution in [0.15, 0.2) is 0 Å². The van der Waals surface area contributed by atoms with Crippen LogP contribution in [0, 0.1) is 12.5 Å². The predicted octanol–water partition coefficient (Wildman–Crippen LogP) is 3.99. The number of nitrogens with zero attached hydrogens (tertiary/aromatic N) is 1. The van der Waals surface area contributed by atoms with Crippen LogP contribution in [0.25, 0.3) is 4.85 Å². The first-order valence-electron chi connectivity index (χ1n) is 5.61. The summed E-state index contributed by atoms with van der Waals surface area (Å²) in [5, 5.41) is 0. The van der Waals surface area contributed by atoms with Gasteiger partial charge in [-0.1, -0.05) is 25.7 Å². The van der Waals surface area contributed by atoms with Gasteiger partial charge in [0.1, 0.15) is 0 Å². The molecule has 2 heteroatoms. The van der Waals surface area contributed by atoms with Crippen molar-refractivity contribution in [3.8, 4) is 0 Å². The van der Waals surface area contributed by atoms with Crippen molar-refractivity contribution >= 4 is 0 Å². The van der Waals surface area contributed by atoms with Crippen LogP contribution in [0.4, 0.5) is 4.39 Å². The van der Waals surface area contributed by atoms with Gasteiger partial charge in [0.05, 0.1) is 0 Å². The molecular formula is C12H20FN. The summed E-state index contributed by atoms with van der Waals surface area (Å²) in [7, 11) is 0. The van der Waals surface area contributed by atoms with Gasteiger partial charge in [0.2, 0.25) is 0 Å². The van der Waals surface area contributed by atoms with Gasteiger partial charge in [-0.3, -0.25) is 0 Å². The van der Waals surface area contributed by atoms with Crippen molar-refractivity contribution in [3.63, 3.8) is 0 Å². The Balaban J connectivity index is 2.64. The van der Waals surface area contributed by atoms with Gasteiger partial charge in [-0.25, -0.2) is 11.0 Å². The summed E-state index contributed by atoms with van der Waals surface area (Å²) < 4.78 is 13.8. The average molecular weight is 197 g/mol. The van der Waals surface area contributed by atoms with Crippen LogP contribution in [-0.2, 0) is 0 Å². The highest BCUT2D eigenvalue weighted by Crippen LogP contribution is 2.33. The van der Waals surface area contributed by atoms with E-state index < -0.39 is 11.7 Å². The first-order valence-corrected chi connectivity index (χ1v) is 5.61. The monoisotopic (exact) mass is 197 g/mol. The summed E-state index contributed by atoms with van der Waals surface area (Å²) in [4.78, 5) is 3.50. The van der Waals surface area contributed by atoms with Crippen LogP contribution >= 0.6 is 0 Å². The molecule has 1 aliphatic rings. The minimum atomic E-state index is -1.34. The van der Waals surface area contributed by atoms with Crippen LogP contribution in [0.5, 0.6) is 0 Å². The summed E-state index contributed by atoms with van der Waals surface area (Å²) in [6.07, 6.45) is 6.95. The molecule has 0 aliphatic heterocycles. The number of halogens is 1.